The molecule has 0 saturated carbocycles. The molecule has 0 amide bonds. The topological polar surface area (TPSA) is 49.2 Å². The predicted molar refractivity (Wildman–Crippen MR) is 190 cm³/mol. The summed E-state index contributed by atoms with van der Waals surface area (Å²) in [6.45, 7) is 8.37. The third kappa shape index (κ3) is 3.97. The fourth-order valence-electron chi connectivity index (χ4n) is 6.92. The third-order valence-corrected chi connectivity index (χ3v) is 10.0. The van der Waals surface area contributed by atoms with Crippen LogP contribution in [0.3, 0.4) is 0 Å². The molecule has 222 valence electrons. The van der Waals surface area contributed by atoms with Gasteiger partial charge in [-0.2, -0.15) is 0 Å². The molecule has 0 atom stereocenters. The highest BCUT2D eigenvalue weighted by atomic mass is 16.7. The standard InChI is InChI=1S/C40H32BN3O2/c1-39(2)40(3,4)46-41(45-39)28-20-23-33-32(24-28)35-29-16-10-8-12-25(29)19-22-34(35)44(33)38-42-36(27-14-6-5-7-15-27)31-21-18-26-13-9-11-17-30(26)37(31)43-38/h5-24H,1-4H3. The predicted octanol–water partition coefficient (Wildman–Crippen LogP) is 9.00. The number of rotatable bonds is 3. The van der Waals surface area contributed by atoms with Crippen LogP contribution < -0.4 is 5.46 Å². The quantitative estimate of drug-likeness (QED) is 0.151. The van der Waals surface area contributed by atoms with Crippen molar-refractivity contribution >= 4 is 66.8 Å². The van der Waals surface area contributed by atoms with Crippen LogP contribution in [0.5, 0.6) is 0 Å². The van der Waals surface area contributed by atoms with Crippen molar-refractivity contribution in [3.8, 4) is 17.2 Å². The van der Waals surface area contributed by atoms with Crippen molar-refractivity contribution in [2.75, 3.05) is 0 Å². The van der Waals surface area contributed by atoms with Crippen molar-refractivity contribution in [3.05, 3.63) is 121 Å². The summed E-state index contributed by atoms with van der Waals surface area (Å²) in [4.78, 5) is 10.7. The van der Waals surface area contributed by atoms with Crippen LogP contribution in [-0.4, -0.2) is 32.9 Å². The minimum atomic E-state index is -0.462. The van der Waals surface area contributed by atoms with Gasteiger partial charge in [-0.05, 0) is 67.5 Å². The van der Waals surface area contributed by atoms with E-state index in [1.165, 1.54) is 10.8 Å². The van der Waals surface area contributed by atoms with Gasteiger partial charge in [0.2, 0.25) is 5.95 Å². The minimum absolute atomic E-state index is 0.428. The Morgan fingerprint density at radius 1 is 0.565 bits per heavy atom. The van der Waals surface area contributed by atoms with Crippen molar-refractivity contribution in [2.45, 2.75) is 38.9 Å². The van der Waals surface area contributed by atoms with Gasteiger partial charge in [-0.25, -0.2) is 9.97 Å². The summed E-state index contributed by atoms with van der Waals surface area (Å²) in [5.41, 5.74) is 5.13. The zero-order valence-corrected chi connectivity index (χ0v) is 26.3. The molecule has 0 bridgehead atoms. The van der Waals surface area contributed by atoms with Crippen LogP contribution in [0.2, 0.25) is 0 Å². The monoisotopic (exact) mass is 597 g/mol. The van der Waals surface area contributed by atoms with E-state index in [1.54, 1.807) is 0 Å². The Morgan fingerprint density at radius 3 is 1.96 bits per heavy atom. The Kier molecular flexibility index (Phi) is 5.77. The van der Waals surface area contributed by atoms with Crippen LogP contribution in [0.15, 0.2) is 121 Å². The number of nitrogens with zero attached hydrogens (tertiary/aromatic N) is 3. The Bertz CT molecular complexity index is 2490. The summed E-state index contributed by atoms with van der Waals surface area (Å²) >= 11 is 0. The molecular weight excluding hydrogens is 565 g/mol. The maximum Gasteiger partial charge on any atom is 0.494 e. The van der Waals surface area contributed by atoms with Gasteiger partial charge in [0.1, 0.15) is 0 Å². The molecule has 9 rings (SSSR count). The van der Waals surface area contributed by atoms with E-state index in [2.05, 4.69) is 148 Å². The first kappa shape index (κ1) is 27.3. The highest BCUT2D eigenvalue weighted by Gasteiger charge is 2.51. The molecule has 6 heteroatoms. The SMILES string of the molecule is CC1(C)OB(c2ccc3c(c2)c2c4ccccc4ccc2n3-c2nc(-c3ccccc3)c3ccc4ccccc4c3n2)OC1(C)C. The van der Waals surface area contributed by atoms with Crippen LogP contribution in [0.4, 0.5) is 0 Å². The molecule has 1 aliphatic rings. The average molecular weight is 598 g/mol. The molecule has 1 saturated heterocycles. The van der Waals surface area contributed by atoms with Crippen molar-refractivity contribution < 1.29 is 9.31 Å². The van der Waals surface area contributed by atoms with E-state index in [-0.39, 0.29) is 0 Å². The van der Waals surface area contributed by atoms with Gasteiger partial charge in [-0.15, -0.1) is 0 Å². The van der Waals surface area contributed by atoms with Crippen molar-refractivity contribution in [3.63, 3.8) is 0 Å². The second-order valence-electron chi connectivity index (χ2n) is 13.3. The van der Waals surface area contributed by atoms with Crippen molar-refractivity contribution in [1.82, 2.24) is 14.5 Å². The molecule has 1 aliphatic heterocycles. The zero-order valence-electron chi connectivity index (χ0n) is 26.3. The van der Waals surface area contributed by atoms with E-state index in [0.29, 0.717) is 5.95 Å². The fraction of sp³-hybridized carbons (Fsp3) is 0.150. The van der Waals surface area contributed by atoms with Gasteiger partial charge >= 0.3 is 7.12 Å². The van der Waals surface area contributed by atoms with E-state index in [0.717, 1.165) is 60.2 Å². The first-order valence-electron chi connectivity index (χ1n) is 15.9. The van der Waals surface area contributed by atoms with Gasteiger partial charge in [-0.3, -0.25) is 4.57 Å². The number of fused-ring (bicyclic) bond motifs is 8. The summed E-state index contributed by atoms with van der Waals surface area (Å²) in [5, 5.41) is 7.93. The van der Waals surface area contributed by atoms with Crippen molar-refractivity contribution in [1.29, 1.82) is 0 Å². The van der Waals surface area contributed by atoms with Gasteiger partial charge < -0.3 is 9.31 Å². The molecule has 6 aromatic carbocycles. The lowest BCUT2D eigenvalue weighted by atomic mass is 9.78. The van der Waals surface area contributed by atoms with Gasteiger partial charge in [0.05, 0.1) is 33.4 Å². The number of hydrogen-bond acceptors (Lipinski definition) is 4. The smallest absolute Gasteiger partial charge is 0.399 e. The lowest BCUT2D eigenvalue weighted by Crippen LogP contribution is -2.41. The van der Waals surface area contributed by atoms with Crippen LogP contribution in [0, 0.1) is 0 Å². The van der Waals surface area contributed by atoms with E-state index < -0.39 is 18.3 Å². The Morgan fingerprint density at radius 2 is 1.20 bits per heavy atom. The number of hydrogen-bond donors (Lipinski definition) is 0. The van der Waals surface area contributed by atoms with E-state index in [9.17, 15) is 0 Å². The highest BCUT2D eigenvalue weighted by Crippen LogP contribution is 2.40. The molecule has 3 heterocycles. The summed E-state index contributed by atoms with van der Waals surface area (Å²) in [6.07, 6.45) is 0. The van der Waals surface area contributed by atoms with E-state index in [4.69, 9.17) is 19.3 Å². The molecule has 8 aromatic rings. The number of benzene rings is 6. The molecule has 0 aliphatic carbocycles. The second-order valence-corrected chi connectivity index (χ2v) is 13.3. The summed E-state index contributed by atoms with van der Waals surface area (Å²) in [7, 11) is -0.462. The lowest BCUT2D eigenvalue weighted by Gasteiger charge is -2.32. The maximum atomic E-state index is 6.49. The fourth-order valence-corrected chi connectivity index (χ4v) is 6.92. The van der Waals surface area contributed by atoms with Gasteiger partial charge in [0.25, 0.3) is 0 Å². The molecular formula is C40H32BN3O2. The molecule has 1 fully saturated rings. The molecule has 0 spiro atoms. The average Bonchev–Trinajstić information content (AvgIpc) is 3.53. The van der Waals surface area contributed by atoms with Gasteiger partial charge in [-0.1, -0.05) is 103 Å². The van der Waals surface area contributed by atoms with Crippen LogP contribution in [0.1, 0.15) is 27.7 Å². The third-order valence-electron chi connectivity index (χ3n) is 10.0. The maximum absolute atomic E-state index is 6.49. The normalized spacial score (nSPS) is 16.0. The minimum Gasteiger partial charge on any atom is -0.399 e. The van der Waals surface area contributed by atoms with Crippen LogP contribution >= 0.6 is 0 Å². The summed E-state index contributed by atoms with van der Waals surface area (Å²) in [6, 6.07) is 42.7. The first-order chi connectivity index (χ1) is 22.3. The summed E-state index contributed by atoms with van der Waals surface area (Å²) < 4.78 is 15.2. The summed E-state index contributed by atoms with van der Waals surface area (Å²) in [5.74, 6) is 0.640. The molecule has 5 nitrogen and oxygen atoms in total. The van der Waals surface area contributed by atoms with Gasteiger partial charge in [0.15, 0.2) is 0 Å². The molecule has 0 unspecified atom stereocenters. The van der Waals surface area contributed by atoms with Crippen LogP contribution in [-0.2, 0) is 9.31 Å². The van der Waals surface area contributed by atoms with Gasteiger partial charge in [0, 0.05) is 27.1 Å². The Balaban J connectivity index is 1.38. The van der Waals surface area contributed by atoms with Crippen LogP contribution in [0.25, 0.3) is 71.5 Å². The Labute approximate surface area is 267 Å². The zero-order chi connectivity index (χ0) is 31.2. The molecule has 46 heavy (non-hydrogen) atoms. The second kappa shape index (κ2) is 9.73. The largest absolute Gasteiger partial charge is 0.494 e. The van der Waals surface area contributed by atoms with E-state index in [1.807, 2.05) is 6.07 Å². The molecule has 0 N–H and O–H groups in total. The molecule has 0 radical (unpaired) electrons. The van der Waals surface area contributed by atoms with E-state index >= 15 is 0 Å². The van der Waals surface area contributed by atoms with Crippen molar-refractivity contribution in [2.24, 2.45) is 0 Å². The number of aromatic nitrogens is 3. The first-order valence-corrected chi connectivity index (χ1v) is 15.9. The Hall–Kier alpha value is -5.04. The lowest BCUT2D eigenvalue weighted by molar-refractivity contribution is 0.00578. The highest BCUT2D eigenvalue weighted by molar-refractivity contribution is 6.62. The molecule has 2 aromatic heterocycles.